The molecule has 0 unspecified atom stereocenters. The maximum atomic E-state index is 12.5. The van der Waals surface area contributed by atoms with Crippen molar-refractivity contribution < 1.29 is 9.53 Å². The van der Waals surface area contributed by atoms with Crippen LogP contribution in [0, 0.1) is 11.3 Å². The van der Waals surface area contributed by atoms with E-state index < -0.39 is 6.09 Å². The predicted octanol–water partition coefficient (Wildman–Crippen LogP) is 5.77. The molecule has 1 N–H and O–H groups in total. The number of carbonyl (C=O) groups is 1. The van der Waals surface area contributed by atoms with E-state index in [4.69, 9.17) is 4.74 Å². The van der Waals surface area contributed by atoms with E-state index in [1.807, 2.05) is 36.0 Å². The lowest BCUT2D eigenvalue weighted by Gasteiger charge is -2.14. The van der Waals surface area contributed by atoms with Gasteiger partial charge in [-0.2, -0.15) is 17.0 Å². The van der Waals surface area contributed by atoms with Gasteiger partial charge in [-0.15, -0.1) is 11.3 Å². The number of nitrogens with zero attached hydrogens (tertiary/aromatic N) is 1. The summed E-state index contributed by atoms with van der Waals surface area (Å²) in [5.41, 5.74) is 6.45. The van der Waals surface area contributed by atoms with Gasteiger partial charge in [0.15, 0.2) is 0 Å². The maximum Gasteiger partial charge on any atom is 0.412 e. The summed E-state index contributed by atoms with van der Waals surface area (Å²) in [6, 6.07) is 18.8. The first-order valence-electron chi connectivity index (χ1n) is 9.50. The second-order valence-corrected chi connectivity index (χ2v) is 9.28. The molecule has 5 rings (SSSR count). The number of ether oxygens (including phenoxy) is 1. The average molecular weight is 419 g/mol. The van der Waals surface area contributed by atoms with Crippen LogP contribution in [0.25, 0.3) is 11.1 Å². The van der Waals surface area contributed by atoms with Crippen LogP contribution in [0.3, 0.4) is 0 Å². The minimum Gasteiger partial charge on any atom is -0.448 e. The summed E-state index contributed by atoms with van der Waals surface area (Å²) in [7, 11) is 0. The van der Waals surface area contributed by atoms with Gasteiger partial charge in [-0.1, -0.05) is 48.5 Å². The monoisotopic (exact) mass is 418 g/mol. The first kappa shape index (κ1) is 18.3. The lowest BCUT2D eigenvalue weighted by Crippen LogP contribution is -2.17. The van der Waals surface area contributed by atoms with Gasteiger partial charge in [0.05, 0.1) is 5.56 Å². The third-order valence-electron chi connectivity index (χ3n) is 5.49. The number of hydrogen-bond acceptors (Lipinski definition) is 5. The van der Waals surface area contributed by atoms with Crippen molar-refractivity contribution in [2.45, 2.75) is 18.1 Å². The lowest BCUT2D eigenvalue weighted by molar-refractivity contribution is 0.158. The van der Waals surface area contributed by atoms with Gasteiger partial charge >= 0.3 is 6.09 Å². The van der Waals surface area contributed by atoms with Gasteiger partial charge in [0.25, 0.3) is 0 Å². The number of nitrogens with one attached hydrogen (secondary N) is 1. The molecule has 3 aromatic rings. The summed E-state index contributed by atoms with van der Waals surface area (Å²) < 4.78 is 5.62. The normalized spacial score (nSPS) is 14.4. The number of anilines is 1. The molecule has 6 heteroatoms. The molecule has 4 nitrogen and oxygen atoms in total. The van der Waals surface area contributed by atoms with Crippen molar-refractivity contribution in [1.82, 2.24) is 0 Å². The van der Waals surface area contributed by atoms with E-state index in [0.717, 1.165) is 23.5 Å². The minimum atomic E-state index is -0.505. The van der Waals surface area contributed by atoms with Crippen LogP contribution in [0.2, 0.25) is 0 Å². The Bertz CT molecular complexity index is 1100. The molecule has 0 radical (unpaired) electrons. The highest BCUT2D eigenvalue weighted by molar-refractivity contribution is 7.98. The Labute approximate surface area is 177 Å². The van der Waals surface area contributed by atoms with Crippen molar-refractivity contribution in [3.8, 4) is 17.2 Å². The Morgan fingerprint density at radius 1 is 1.14 bits per heavy atom. The second kappa shape index (κ2) is 7.58. The molecule has 0 bridgehead atoms. The van der Waals surface area contributed by atoms with Gasteiger partial charge in [0.2, 0.25) is 0 Å². The van der Waals surface area contributed by atoms with Crippen molar-refractivity contribution in [1.29, 1.82) is 5.26 Å². The summed E-state index contributed by atoms with van der Waals surface area (Å²) in [5, 5.41) is 13.0. The van der Waals surface area contributed by atoms with E-state index >= 15 is 0 Å². The van der Waals surface area contributed by atoms with Gasteiger partial charge in [0.1, 0.15) is 17.7 Å². The van der Waals surface area contributed by atoms with Gasteiger partial charge in [-0.3, -0.25) is 5.32 Å². The Hall–Kier alpha value is -2.75. The molecular weight excluding hydrogens is 400 g/mol. The number of benzene rings is 2. The molecular formula is C23H18N2O2S2. The number of rotatable bonds is 3. The third-order valence-corrected chi connectivity index (χ3v) is 7.81. The molecule has 0 saturated heterocycles. The zero-order chi connectivity index (χ0) is 19.8. The lowest BCUT2D eigenvalue weighted by atomic mass is 9.98. The Kier molecular flexibility index (Phi) is 4.78. The molecule has 1 amide bonds. The molecule has 0 saturated carbocycles. The van der Waals surface area contributed by atoms with E-state index in [-0.39, 0.29) is 12.5 Å². The topological polar surface area (TPSA) is 62.1 Å². The minimum absolute atomic E-state index is 0.0246. The summed E-state index contributed by atoms with van der Waals surface area (Å²) >= 11 is 3.35. The SMILES string of the molecule is N#Cc1c(NC(=O)OCC2c3ccccc3-c3ccccc32)sc2c1CCSC2. The summed E-state index contributed by atoms with van der Waals surface area (Å²) in [6.45, 7) is 0.267. The van der Waals surface area contributed by atoms with Crippen molar-refractivity contribution >= 4 is 34.2 Å². The number of amides is 1. The molecule has 1 aromatic heterocycles. The summed E-state index contributed by atoms with van der Waals surface area (Å²) in [4.78, 5) is 13.7. The van der Waals surface area contributed by atoms with Crippen LogP contribution >= 0.6 is 23.1 Å². The molecule has 0 atom stereocenters. The van der Waals surface area contributed by atoms with Gasteiger partial charge in [-0.05, 0) is 40.0 Å². The van der Waals surface area contributed by atoms with Crippen LogP contribution in [-0.2, 0) is 16.9 Å². The molecule has 2 aromatic carbocycles. The van der Waals surface area contributed by atoms with Crippen LogP contribution in [0.1, 0.15) is 33.0 Å². The molecule has 144 valence electrons. The quantitative estimate of drug-likeness (QED) is 0.586. The molecule has 1 aliphatic heterocycles. The Morgan fingerprint density at radius 3 is 2.52 bits per heavy atom. The van der Waals surface area contributed by atoms with Crippen molar-refractivity contribution in [3.63, 3.8) is 0 Å². The highest BCUT2D eigenvalue weighted by Crippen LogP contribution is 2.44. The van der Waals surface area contributed by atoms with Crippen LogP contribution in [0.4, 0.5) is 9.80 Å². The van der Waals surface area contributed by atoms with E-state index in [1.165, 1.54) is 38.5 Å². The molecule has 2 aliphatic rings. The van der Waals surface area contributed by atoms with Crippen LogP contribution < -0.4 is 5.32 Å². The molecule has 29 heavy (non-hydrogen) atoms. The van der Waals surface area contributed by atoms with E-state index in [1.54, 1.807) is 0 Å². The van der Waals surface area contributed by atoms with Crippen LogP contribution in [0.5, 0.6) is 0 Å². The highest BCUT2D eigenvalue weighted by atomic mass is 32.2. The number of hydrogen-bond donors (Lipinski definition) is 1. The largest absolute Gasteiger partial charge is 0.448 e. The summed E-state index contributed by atoms with van der Waals surface area (Å²) in [5.74, 6) is 1.95. The van der Waals surface area contributed by atoms with E-state index in [0.29, 0.717) is 10.6 Å². The van der Waals surface area contributed by atoms with Crippen molar-refractivity contribution in [2.24, 2.45) is 0 Å². The van der Waals surface area contributed by atoms with Gasteiger partial charge in [0, 0.05) is 16.5 Å². The fourth-order valence-electron chi connectivity index (χ4n) is 4.17. The number of nitriles is 1. The molecule has 0 fully saturated rings. The maximum absolute atomic E-state index is 12.5. The van der Waals surface area contributed by atoms with Crippen molar-refractivity contribution in [2.75, 3.05) is 17.7 Å². The standard InChI is InChI=1S/C23H18N2O2S2/c24-11-19-18-9-10-28-13-21(18)29-22(19)25-23(26)27-12-20-16-7-3-1-5-14(16)15-6-2-4-8-17(15)20/h1-8,20H,9-10,12-13H2,(H,25,26). The molecule has 0 spiro atoms. The van der Waals surface area contributed by atoms with Gasteiger partial charge in [-0.25, -0.2) is 4.79 Å². The zero-order valence-electron chi connectivity index (χ0n) is 15.6. The summed E-state index contributed by atoms with van der Waals surface area (Å²) in [6.07, 6.45) is 0.376. The van der Waals surface area contributed by atoms with Crippen LogP contribution in [0.15, 0.2) is 48.5 Å². The molecule has 1 aliphatic carbocycles. The first-order chi connectivity index (χ1) is 14.3. The fourth-order valence-corrected chi connectivity index (χ4v) is 6.48. The van der Waals surface area contributed by atoms with E-state index in [9.17, 15) is 10.1 Å². The average Bonchev–Trinajstić information content (AvgIpc) is 3.27. The first-order valence-corrected chi connectivity index (χ1v) is 11.5. The Balaban J connectivity index is 1.33. The number of carbonyl (C=O) groups excluding carboxylic acids is 1. The Morgan fingerprint density at radius 2 is 1.83 bits per heavy atom. The number of fused-ring (bicyclic) bond motifs is 4. The third kappa shape index (κ3) is 3.21. The van der Waals surface area contributed by atoms with Crippen molar-refractivity contribution in [3.05, 3.63) is 75.7 Å². The van der Waals surface area contributed by atoms with Crippen LogP contribution in [-0.4, -0.2) is 18.5 Å². The smallest absolute Gasteiger partial charge is 0.412 e. The fraction of sp³-hybridized carbons (Fsp3) is 0.217. The van der Waals surface area contributed by atoms with E-state index in [2.05, 4.69) is 35.7 Å². The molecule has 2 heterocycles. The van der Waals surface area contributed by atoms with Gasteiger partial charge < -0.3 is 4.74 Å². The zero-order valence-corrected chi connectivity index (χ0v) is 17.2. The highest BCUT2D eigenvalue weighted by Gasteiger charge is 2.29. The second-order valence-electron chi connectivity index (χ2n) is 7.07. The number of thioether (sulfide) groups is 1. The predicted molar refractivity (Wildman–Crippen MR) is 118 cm³/mol. The number of thiophene rings is 1.